The molecule has 5 nitrogen and oxygen atoms in total. The molecule has 0 spiro atoms. The van der Waals surface area contributed by atoms with E-state index in [2.05, 4.69) is 29.1 Å². The quantitative estimate of drug-likeness (QED) is 0.598. The van der Waals surface area contributed by atoms with E-state index in [-0.39, 0.29) is 11.4 Å². The SMILES string of the molecule is Cc1c2c(c(C)c3nc4c(nc13)C(=O)NC4=O)CCCCC2. The molecule has 0 unspecified atom stereocenters. The smallest absolute Gasteiger partial charge is 0.279 e. The van der Waals surface area contributed by atoms with Crippen molar-refractivity contribution >= 4 is 22.8 Å². The molecular formula is C17H17N3O2. The number of imide groups is 1. The first-order chi connectivity index (χ1) is 10.6. The number of carbonyl (C=O) groups excluding carboxylic acids is 2. The third-order valence-electron chi connectivity index (χ3n) is 4.89. The molecule has 1 aromatic carbocycles. The number of rotatable bonds is 0. The number of hydrogen-bond donors (Lipinski definition) is 1. The summed E-state index contributed by atoms with van der Waals surface area (Å²) in [5.41, 5.74) is 6.80. The fraction of sp³-hybridized carbons (Fsp3) is 0.412. The zero-order valence-electron chi connectivity index (χ0n) is 12.7. The third-order valence-corrected chi connectivity index (χ3v) is 4.89. The summed E-state index contributed by atoms with van der Waals surface area (Å²) in [4.78, 5) is 32.6. The predicted octanol–water partition coefficient (Wildman–Crippen LogP) is 2.40. The summed E-state index contributed by atoms with van der Waals surface area (Å²) in [6, 6.07) is 0. The van der Waals surface area contributed by atoms with E-state index in [4.69, 9.17) is 0 Å². The predicted molar refractivity (Wildman–Crippen MR) is 82.1 cm³/mol. The second-order valence-corrected chi connectivity index (χ2v) is 6.17. The number of benzene rings is 1. The van der Waals surface area contributed by atoms with Crippen LogP contribution in [0, 0.1) is 13.8 Å². The normalized spacial score (nSPS) is 17.2. The van der Waals surface area contributed by atoms with Crippen molar-refractivity contribution in [2.75, 3.05) is 0 Å². The van der Waals surface area contributed by atoms with Gasteiger partial charge in [-0.3, -0.25) is 14.9 Å². The van der Waals surface area contributed by atoms with Crippen LogP contribution in [0.15, 0.2) is 0 Å². The molecule has 22 heavy (non-hydrogen) atoms. The topological polar surface area (TPSA) is 72.0 Å². The lowest BCUT2D eigenvalue weighted by atomic mass is 9.91. The largest absolute Gasteiger partial charge is 0.285 e. The number of fused-ring (bicyclic) bond motifs is 3. The van der Waals surface area contributed by atoms with E-state index in [9.17, 15) is 9.59 Å². The van der Waals surface area contributed by atoms with Crippen LogP contribution in [0.2, 0.25) is 0 Å². The van der Waals surface area contributed by atoms with Crippen molar-refractivity contribution in [2.24, 2.45) is 0 Å². The minimum Gasteiger partial charge on any atom is -0.285 e. The van der Waals surface area contributed by atoms with Crippen LogP contribution in [-0.2, 0) is 12.8 Å². The molecule has 0 saturated heterocycles. The van der Waals surface area contributed by atoms with Crippen LogP contribution in [-0.4, -0.2) is 21.8 Å². The van der Waals surface area contributed by atoms with Gasteiger partial charge in [-0.25, -0.2) is 9.97 Å². The van der Waals surface area contributed by atoms with E-state index >= 15 is 0 Å². The zero-order chi connectivity index (χ0) is 15.4. The highest BCUT2D eigenvalue weighted by molar-refractivity contribution is 6.20. The van der Waals surface area contributed by atoms with Crippen molar-refractivity contribution < 1.29 is 9.59 Å². The van der Waals surface area contributed by atoms with Crippen molar-refractivity contribution in [3.63, 3.8) is 0 Å². The lowest BCUT2D eigenvalue weighted by Crippen LogP contribution is -2.20. The van der Waals surface area contributed by atoms with E-state index < -0.39 is 11.8 Å². The van der Waals surface area contributed by atoms with Crippen LogP contribution >= 0.6 is 0 Å². The van der Waals surface area contributed by atoms with Gasteiger partial charge in [-0.1, -0.05) is 6.42 Å². The molecule has 1 aromatic heterocycles. The first-order valence-electron chi connectivity index (χ1n) is 7.76. The van der Waals surface area contributed by atoms with Crippen molar-refractivity contribution in [3.8, 4) is 0 Å². The van der Waals surface area contributed by atoms with Crippen molar-refractivity contribution in [1.29, 1.82) is 0 Å². The van der Waals surface area contributed by atoms with Crippen LogP contribution in [0.4, 0.5) is 0 Å². The number of aryl methyl sites for hydroxylation is 2. The monoisotopic (exact) mass is 295 g/mol. The molecule has 0 saturated carbocycles. The summed E-state index contributed by atoms with van der Waals surface area (Å²) in [6.07, 6.45) is 5.73. The zero-order valence-corrected chi connectivity index (χ0v) is 12.7. The Bertz CT molecular complexity index is 787. The lowest BCUT2D eigenvalue weighted by Gasteiger charge is -2.16. The standard InChI is InChI=1S/C17H17N3O2/c1-8-10-6-4-3-5-7-11(10)9(2)13-12(8)18-14-15(19-13)17(22)20-16(14)21/h3-7H2,1-2H3,(H,20,21,22). The maximum Gasteiger partial charge on any atom is 0.279 e. The summed E-state index contributed by atoms with van der Waals surface area (Å²) < 4.78 is 0. The summed E-state index contributed by atoms with van der Waals surface area (Å²) in [6.45, 7) is 4.11. The number of amides is 2. The van der Waals surface area contributed by atoms with Crippen molar-refractivity contribution in [1.82, 2.24) is 15.3 Å². The first-order valence-corrected chi connectivity index (χ1v) is 7.76. The van der Waals surface area contributed by atoms with E-state index in [0.29, 0.717) is 0 Å². The number of nitrogens with one attached hydrogen (secondary N) is 1. The highest BCUT2D eigenvalue weighted by atomic mass is 16.2. The Labute approximate surface area is 128 Å². The highest BCUT2D eigenvalue weighted by Crippen LogP contribution is 2.33. The molecule has 112 valence electrons. The molecule has 1 aliphatic carbocycles. The average Bonchev–Trinajstić information content (AvgIpc) is 2.71. The van der Waals surface area contributed by atoms with Gasteiger partial charge in [-0.15, -0.1) is 0 Å². The Morgan fingerprint density at radius 3 is 1.68 bits per heavy atom. The molecule has 0 bridgehead atoms. The fourth-order valence-electron chi connectivity index (χ4n) is 3.69. The van der Waals surface area contributed by atoms with E-state index in [0.717, 1.165) is 35.0 Å². The van der Waals surface area contributed by atoms with Crippen LogP contribution < -0.4 is 5.32 Å². The van der Waals surface area contributed by atoms with Crippen molar-refractivity contribution in [2.45, 2.75) is 46.0 Å². The molecule has 0 radical (unpaired) electrons. The summed E-state index contributed by atoms with van der Waals surface area (Å²) in [5.74, 6) is -0.886. The molecule has 0 atom stereocenters. The van der Waals surface area contributed by atoms with Crippen molar-refractivity contribution in [3.05, 3.63) is 33.6 Å². The minimum atomic E-state index is -0.443. The summed E-state index contributed by atoms with van der Waals surface area (Å²) >= 11 is 0. The Kier molecular flexibility index (Phi) is 2.79. The van der Waals surface area contributed by atoms with Crippen LogP contribution in [0.25, 0.3) is 11.0 Å². The number of nitrogens with zero attached hydrogens (tertiary/aromatic N) is 2. The van der Waals surface area contributed by atoms with E-state index in [1.54, 1.807) is 0 Å². The molecule has 2 aliphatic rings. The molecule has 1 N–H and O–H groups in total. The third kappa shape index (κ3) is 1.71. The van der Waals surface area contributed by atoms with Gasteiger partial charge in [0.25, 0.3) is 11.8 Å². The van der Waals surface area contributed by atoms with Gasteiger partial charge < -0.3 is 0 Å². The second kappa shape index (κ2) is 4.60. The second-order valence-electron chi connectivity index (χ2n) is 6.17. The van der Waals surface area contributed by atoms with E-state index in [1.165, 1.54) is 30.4 Å². The average molecular weight is 295 g/mol. The van der Waals surface area contributed by atoms with Gasteiger partial charge in [-0.2, -0.15) is 0 Å². The van der Waals surface area contributed by atoms with Gasteiger partial charge in [0.15, 0.2) is 11.4 Å². The molecule has 0 fully saturated rings. The number of hydrogen-bond acceptors (Lipinski definition) is 4. The Morgan fingerprint density at radius 1 is 0.773 bits per heavy atom. The molecule has 4 rings (SSSR count). The maximum atomic E-state index is 11.8. The lowest BCUT2D eigenvalue weighted by molar-refractivity contribution is 0.0877. The molecule has 1 aliphatic heterocycles. The molecule has 2 heterocycles. The highest BCUT2D eigenvalue weighted by Gasteiger charge is 2.32. The first kappa shape index (κ1) is 13.4. The van der Waals surface area contributed by atoms with Crippen LogP contribution in [0.5, 0.6) is 0 Å². The van der Waals surface area contributed by atoms with Gasteiger partial charge in [0, 0.05) is 0 Å². The number of carbonyl (C=O) groups is 2. The van der Waals surface area contributed by atoms with Crippen LogP contribution in [0.1, 0.15) is 62.5 Å². The minimum absolute atomic E-state index is 0.161. The van der Waals surface area contributed by atoms with Gasteiger partial charge >= 0.3 is 0 Å². The Balaban J connectivity index is 2.09. The maximum absolute atomic E-state index is 11.8. The molecule has 2 amide bonds. The molecule has 5 heteroatoms. The Hall–Kier alpha value is -2.30. The molecule has 2 aromatic rings. The summed E-state index contributed by atoms with van der Waals surface area (Å²) in [5, 5.41) is 2.27. The van der Waals surface area contributed by atoms with Gasteiger partial charge in [-0.05, 0) is 61.8 Å². The van der Waals surface area contributed by atoms with E-state index in [1.807, 2.05) is 0 Å². The number of aromatic nitrogens is 2. The Morgan fingerprint density at radius 2 is 1.23 bits per heavy atom. The summed E-state index contributed by atoms with van der Waals surface area (Å²) in [7, 11) is 0. The van der Waals surface area contributed by atoms with Crippen LogP contribution in [0.3, 0.4) is 0 Å². The fourth-order valence-corrected chi connectivity index (χ4v) is 3.69. The van der Waals surface area contributed by atoms with Gasteiger partial charge in [0.1, 0.15) is 0 Å². The van der Waals surface area contributed by atoms with Gasteiger partial charge in [0.2, 0.25) is 0 Å². The van der Waals surface area contributed by atoms with Gasteiger partial charge in [0.05, 0.1) is 11.0 Å². The molecular weight excluding hydrogens is 278 g/mol.